The highest BCUT2D eigenvalue weighted by Gasteiger charge is 2.47. The monoisotopic (exact) mass is 386 g/mol. The molecule has 0 unspecified atom stereocenters. The summed E-state index contributed by atoms with van der Waals surface area (Å²) in [4.78, 5) is 15.5. The number of hydrogen-bond acceptors (Lipinski definition) is 3. The van der Waals surface area contributed by atoms with E-state index in [4.69, 9.17) is 4.74 Å². The first-order chi connectivity index (χ1) is 12.7. The summed E-state index contributed by atoms with van der Waals surface area (Å²) < 4.78 is 5.58. The van der Waals surface area contributed by atoms with Gasteiger partial charge in [0.15, 0.2) is 0 Å². The van der Waals surface area contributed by atoms with Crippen LogP contribution < -0.4 is 10.1 Å². The van der Waals surface area contributed by atoms with Crippen LogP contribution in [0.25, 0.3) is 0 Å². The summed E-state index contributed by atoms with van der Waals surface area (Å²) in [5.74, 6) is 1.87. The summed E-state index contributed by atoms with van der Waals surface area (Å²) in [6.45, 7) is 7.49. The number of hydrogen-bond donors (Lipinski definition) is 1. The van der Waals surface area contributed by atoms with Gasteiger partial charge in [0.05, 0.1) is 12.6 Å². The van der Waals surface area contributed by atoms with Gasteiger partial charge in [0, 0.05) is 31.1 Å². The molecule has 2 aromatic carbocycles. The quantitative estimate of drug-likeness (QED) is 0.867. The molecule has 2 aliphatic heterocycles. The molecule has 2 fully saturated rings. The molecule has 1 N–H and O–H groups in total. The minimum absolute atomic E-state index is 0. The molecule has 0 bridgehead atoms. The second-order valence-electron chi connectivity index (χ2n) is 7.30. The van der Waals surface area contributed by atoms with E-state index in [0.29, 0.717) is 24.0 Å². The Kier molecular flexibility index (Phi) is 6.08. The first-order valence-electron chi connectivity index (χ1n) is 9.49. The van der Waals surface area contributed by atoms with E-state index in [0.717, 1.165) is 25.4 Å². The highest BCUT2D eigenvalue weighted by atomic mass is 35.5. The summed E-state index contributed by atoms with van der Waals surface area (Å²) in [6.07, 6.45) is 0. The Hall–Kier alpha value is -2.04. The van der Waals surface area contributed by atoms with Crippen LogP contribution in [0.2, 0.25) is 0 Å². The molecule has 0 spiro atoms. The third kappa shape index (κ3) is 3.69. The van der Waals surface area contributed by atoms with Crippen molar-refractivity contribution in [3.8, 4) is 5.75 Å². The number of fused-ring (bicyclic) bond motifs is 1. The molecular weight excluding hydrogens is 360 g/mol. The molecule has 3 atom stereocenters. The first-order valence-corrected chi connectivity index (χ1v) is 9.49. The van der Waals surface area contributed by atoms with Crippen LogP contribution >= 0.6 is 12.4 Å². The highest BCUT2D eigenvalue weighted by molar-refractivity contribution is 5.95. The average molecular weight is 387 g/mol. The lowest BCUT2D eigenvalue weighted by atomic mass is 9.87. The Morgan fingerprint density at radius 1 is 1.19 bits per heavy atom. The van der Waals surface area contributed by atoms with Gasteiger partial charge < -0.3 is 15.0 Å². The fourth-order valence-corrected chi connectivity index (χ4v) is 4.50. The van der Waals surface area contributed by atoms with E-state index in [1.54, 1.807) is 0 Å². The molecule has 2 aromatic rings. The van der Waals surface area contributed by atoms with Crippen LogP contribution in [-0.4, -0.2) is 37.0 Å². The van der Waals surface area contributed by atoms with Crippen molar-refractivity contribution in [1.29, 1.82) is 0 Å². The Balaban J connectivity index is 0.00000210. The number of nitrogens with zero attached hydrogens (tertiary/aromatic N) is 1. The van der Waals surface area contributed by atoms with E-state index in [9.17, 15) is 4.79 Å². The average Bonchev–Trinajstić information content (AvgIpc) is 3.23. The Morgan fingerprint density at radius 2 is 2.00 bits per heavy atom. The Morgan fingerprint density at radius 3 is 2.78 bits per heavy atom. The van der Waals surface area contributed by atoms with Crippen LogP contribution in [0.4, 0.5) is 0 Å². The smallest absolute Gasteiger partial charge is 0.254 e. The van der Waals surface area contributed by atoms with Gasteiger partial charge >= 0.3 is 0 Å². The number of rotatable bonds is 4. The molecule has 0 radical (unpaired) electrons. The van der Waals surface area contributed by atoms with Gasteiger partial charge in [-0.05, 0) is 49.1 Å². The van der Waals surface area contributed by atoms with Gasteiger partial charge in [-0.15, -0.1) is 12.4 Å². The summed E-state index contributed by atoms with van der Waals surface area (Å²) in [6, 6.07) is 16.2. The van der Waals surface area contributed by atoms with E-state index in [-0.39, 0.29) is 24.4 Å². The number of benzene rings is 2. The third-order valence-electron chi connectivity index (χ3n) is 5.72. The molecular formula is C22H27ClN2O2. The molecule has 144 valence electrons. The summed E-state index contributed by atoms with van der Waals surface area (Å²) in [5.41, 5.74) is 3.24. The van der Waals surface area contributed by atoms with E-state index in [2.05, 4.69) is 41.4 Å². The molecule has 4 rings (SSSR count). The molecule has 0 aromatic heterocycles. The number of ether oxygens (including phenoxy) is 1. The van der Waals surface area contributed by atoms with Crippen LogP contribution in [0, 0.1) is 18.8 Å². The van der Waals surface area contributed by atoms with Crippen molar-refractivity contribution in [3.63, 3.8) is 0 Å². The second-order valence-corrected chi connectivity index (χ2v) is 7.30. The molecule has 1 amide bonds. The van der Waals surface area contributed by atoms with Crippen LogP contribution in [0.3, 0.4) is 0 Å². The van der Waals surface area contributed by atoms with Crippen molar-refractivity contribution in [2.75, 3.05) is 26.2 Å². The Bertz CT molecular complexity index is 810. The molecule has 2 saturated heterocycles. The van der Waals surface area contributed by atoms with Gasteiger partial charge in [0.25, 0.3) is 5.91 Å². The predicted molar refractivity (Wildman–Crippen MR) is 110 cm³/mol. The zero-order valence-electron chi connectivity index (χ0n) is 15.9. The van der Waals surface area contributed by atoms with Gasteiger partial charge in [-0.3, -0.25) is 4.79 Å². The number of nitrogens with one attached hydrogen (secondary N) is 1. The maximum absolute atomic E-state index is 13.4. The number of carbonyl (C=O) groups is 1. The van der Waals surface area contributed by atoms with Crippen LogP contribution in [0.5, 0.6) is 5.75 Å². The van der Waals surface area contributed by atoms with Gasteiger partial charge in [-0.2, -0.15) is 0 Å². The minimum Gasteiger partial charge on any atom is -0.494 e. The van der Waals surface area contributed by atoms with E-state index >= 15 is 0 Å². The van der Waals surface area contributed by atoms with Gasteiger partial charge in [-0.1, -0.05) is 30.3 Å². The van der Waals surface area contributed by atoms with Crippen molar-refractivity contribution in [2.45, 2.75) is 19.9 Å². The van der Waals surface area contributed by atoms with Crippen LogP contribution in [0.15, 0.2) is 48.5 Å². The molecule has 0 aliphatic carbocycles. The topological polar surface area (TPSA) is 41.6 Å². The number of aryl methyl sites for hydroxylation is 1. The lowest BCUT2D eigenvalue weighted by molar-refractivity contribution is 0.0713. The summed E-state index contributed by atoms with van der Waals surface area (Å²) in [5, 5.41) is 3.51. The van der Waals surface area contributed by atoms with E-state index in [1.807, 2.05) is 31.2 Å². The fraction of sp³-hybridized carbons (Fsp3) is 0.409. The Labute approximate surface area is 167 Å². The zero-order valence-corrected chi connectivity index (χ0v) is 16.7. The lowest BCUT2D eigenvalue weighted by Crippen LogP contribution is -2.35. The van der Waals surface area contributed by atoms with E-state index in [1.165, 1.54) is 11.1 Å². The van der Waals surface area contributed by atoms with Gasteiger partial charge in [-0.25, -0.2) is 0 Å². The van der Waals surface area contributed by atoms with Crippen LogP contribution in [-0.2, 0) is 0 Å². The number of amides is 1. The lowest BCUT2D eigenvalue weighted by Gasteiger charge is -2.29. The maximum Gasteiger partial charge on any atom is 0.254 e. The van der Waals surface area contributed by atoms with Crippen molar-refractivity contribution < 1.29 is 9.53 Å². The van der Waals surface area contributed by atoms with Crippen LogP contribution in [0.1, 0.15) is 34.5 Å². The number of likely N-dealkylation sites (tertiary alicyclic amines) is 1. The largest absolute Gasteiger partial charge is 0.494 e. The molecule has 0 saturated carbocycles. The van der Waals surface area contributed by atoms with E-state index < -0.39 is 0 Å². The SMILES string of the molecule is CCOc1cccc(C(=O)N2C[C@@H]3CNC[C@@H]3[C@@H]2c2ccccc2C)c1.Cl. The second kappa shape index (κ2) is 8.32. The molecule has 27 heavy (non-hydrogen) atoms. The maximum atomic E-state index is 13.4. The summed E-state index contributed by atoms with van der Waals surface area (Å²) >= 11 is 0. The van der Waals surface area contributed by atoms with Crippen molar-refractivity contribution in [2.24, 2.45) is 11.8 Å². The molecule has 2 heterocycles. The molecule has 5 heteroatoms. The van der Waals surface area contributed by atoms with Crippen molar-refractivity contribution in [3.05, 3.63) is 65.2 Å². The van der Waals surface area contributed by atoms with Gasteiger partial charge in [0.2, 0.25) is 0 Å². The molecule has 4 nitrogen and oxygen atoms in total. The summed E-state index contributed by atoms with van der Waals surface area (Å²) in [7, 11) is 0. The highest BCUT2D eigenvalue weighted by Crippen LogP contribution is 2.44. The minimum atomic E-state index is 0. The fourth-order valence-electron chi connectivity index (χ4n) is 4.50. The number of halogens is 1. The predicted octanol–water partition coefficient (Wildman–Crippen LogP) is 3.85. The standard InChI is InChI=1S/C22H26N2O2.ClH/c1-3-26-18-9-6-8-16(11-18)22(25)24-14-17-12-23-13-20(17)21(24)19-10-5-4-7-15(19)2;/h4-11,17,20-21,23H,3,12-14H2,1-2H3;1H/t17-,20-,21-;/m0./s1. The van der Waals surface area contributed by atoms with Crippen molar-refractivity contribution in [1.82, 2.24) is 10.2 Å². The zero-order chi connectivity index (χ0) is 18.1. The van der Waals surface area contributed by atoms with Gasteiger partial charge in [0.1, 0.15) is 5.75 Å². The molecule has 2 aliphatic rings. The first kappa shape index (κ1) is 19.7. The normalized spacial score (nSPS) is 23.6. The number of carbonyl (C=O) groups excluding carboxylic acids is 1. The third-order valence-corrected chi connectivity index (χ3v) is 5.72. The van der Waals surface area contributed by atoms with Crippen molar-refractivity contribution >= 4 is 18.3 Å².